The van der Waals surface area contributed by atoms with Crippen LogP contribution in [0.25, 0.3) is 22.3 Å². The maximum atomic E-state index is 12.6. The second kappa shape index (κ2) is 6.76. The number of benzene rings is 2. The van der Waals surface area contributed by atoms with Crippen LogP contribution < -0.4 is 5.43 Å². The average molecular weight is 634 g/mol. The second-order valence-corrected chi connectivity index (χ2v) is 8.36. The number of hydrogen-bond acceptors (Lipinski definition) is 8. The first-order valence-electron chi connectivity index (χ1n) is 6.71. The van der Waals surface area contributed by atoms with Crippen molar-refractivity contribution in [1.82, 2.24) is 0 Å². The zero-order valence-corrected chi connectivity index (χ0v) is 18.9. The van der Waals surface area contributed by atoms with Crippen molar-refractivity contribution in [3.05, 3.63) is 28.1 Å². The fourth-order valence-electron chi connectivity index (χ4n) is 2.34. The fourth-order valence-corrected chi connectivity index (χ4v) is 4.88. The summed E-state index contributed by atoms with van der Waals surface area (Å²) in [6, 6.07) is 0. The van der Waals surface area contributed by atoms with Gasteiger partial charge in [0.2, 0.25) is 16.9 Å². The number of rotatable bonds is 1. The van der Waals surface area contributed by atoms with E-state index in [1.807, 2.05) is 0 Å². The van der Waals surface area contributed by atoms with Gasteiger partial charge in [0.05, 0.1) is 14.5 Å². The summed E-state index contributed by atoms with van der Waals surface area (Å²) in [7, 11) is 0. The molecule has 0 amide bonds. The molecule has 0 spiro atoms. The number of hydrogen-bond donors (Lipinski definition) is 6. The zero-order valence-electron chi connectivity index (χ0n) is 12.5. The molecule has 0 aliphatic heterocycles. The van der Waals surface area contributed by atoms with Gasteiger partial charge in [-0.2, -0.15) is 0 Å². The maximum Gasteiger partial charge on any atom is 0.238 e. The van der Waals surface area contributed by atoms with Crippen molar-refractivity contribution in [2.75, 3.05) is 0 Å². The van der Waals surface area contributed by atoms with Crippen molar-refractivity contribution in [1.29, 1.82) is 0 Å². The van der Waals surface area contributed by atoms with E-state index >= 15 is 0 Å². The van der Waals surface area contributed by atoms with E-state index in [0.29, 0.717) is 0 Å². The highest BCUT2D eigenvalue weighted by molar-refractivity contribution is 9.11. The zero-order chi connectivity index (χ0) is 20.4. The highest BCUT2D eigenvalue weighted by Crippen LogP contribution is 2.54. The van der Waals surface area contributed by atoms with Crippen LogP contribution >= 0.6 is 63.7 Å². The number of aromatic hydroxyl groups is 6. The minimum Gasteiger partial charge on any atom is -0.506 e. The molecule has 12 heteroatoms. The van der Waals surface area contributed by atoms with Crippen LogP contribution in [0.1, 0.15) is 0 Å². The minimum absolute atomic E-state index is 0.0972. The molecule has 0 unspecified atom stereocenters. The van der Waals surface area contributed by atoms with Gasteiger partial charge in [-0.1, -0.05) is 0 Å². The molecule has 0 atom stereocenters. The summed E-state index contributed by atoms with van der Waals surface area (Å²) in [5.41, 5.74) is -1.55. The molecule has 27 heavy (non-hydrogen) atoms. The van der Waals surface area contributed by atoms with Crippen LogP contribution in [0, 0.1) is 0 Å². The van der Waals surface area contributed by atoms with Crippen molar-refractivity contribution in [3.8, 4) is 45.8 Å². The topological polar surface area (TPSA) is 152 Å². The van der Waals surface area contributed by atoms with Crippen molar-refractivity contribution < 1.29 is 35.1 Å². The lowest BCUT2D eigenvalue weighted by Crippen LogP contribution is -2.04. The highest BCUT2D eigenvalue weighted by Gasteiger charge is 2.29. The molecule has 6 N–H and O–H groups in total. The third-order valence-electron chi connectivity index (χ3n) is 3.68. The molecule has 0 saturated heterocycles. The standard InChI is InChI=1S/C15H6Br4O8/c16-3-1(4(17)11(24)12(25)10(3)23)15-13(26)8(21)2-7(20)5(18)9(22)6(19)14(2)27-15/h20,22-26H. The second-order valence-electron chi connectivity index (χ2n) is 5.19. The first-order chi connectivity index (χ1) is 12.5. The molecule has 0 fully saturated rings. The number of fused-ring (bicyclic) bond motifs is 1. The van der Waals surface area contributed by atoms with E-state index in [1.165, 1.54) is 0 Å². The molecule has 0 aliphatic carbocycles. The van der Waals surface area contributed by atoms with Crippen molar-refractivity contribution in [3.63, 3.8) is 0 Å². The van der Waals surface area contributed by atoms with Crippen LogP contribution in [0.5, 0.6) is 34.5 Å². The third-order valence-corrected chi connectivity index (χ3v) is 6.71. The lowest BCUT2D eigenvalue weighted by Gasteiger charge is -2.15. The maximum absolute atomic E-state index is 12.6. The molecular weight excluding hydrogens is 628 g/mol. The lowest BCUT2D eigenvalue weighted by atomic mass is 10.1. The monoisotopic (exact) mass is 630 g/mol. The van der Waals surface area contributed by atoms with Crippen LogP contribution in [0.4, 0.5) is 0 Å². The van der Waals surface area contributed by atoms with E-state index < -0.39 is 51.1 Å². The van der Waals surface area contributed by atoms with Gasteiger partial charge in [0.15, 0.2) is 28.6 Å². The Hall–Kier alpha value is -1.63. The molecule has 8 nitrogen and oxygen atoms in total. The van der Waals surface area contributed by atoms with E-state index in [0.717, 1.165) is 0 Å². The Kier molecular flexibility index (Phi) is 5.04. The van der Waals surface area contributed by atoms with E-state index in [4.69, 9.17) is 4.42 Å². The smallest absolute Gasteiger partial charge is 0.238 e. The largest absolute Gasteiger partial charge is 0.506 e. The van der Waals surface area contributed by atoms with E-state index in [9.17, 15) is 35.4 Å². The predicted octanol–water partition coefficient (Wildman–Crippen LogP) is 4.74. The average Bonchev–Trinajstić information content (AvgIpc) is 2.64. The third kappa shape index (κ3) is 2.77. The number of phenolic OH excluding ortho intramolecular Hbond substituents is 5. The van der Waals surface area contributed by atoms with Gasteiger partial charge >= 0.3 is 0 Å². The Morgan fingerprint density at radius 1 is 0.593 bits per heavy atom. The van der Waals surface area contributed by atoms with Gasteiger partial charge in [0.25, 0.3) is 0 Å². The molecule has 3 aromatic rings. The summed E-state index contributed by atoms with van der Waals surface area (Å²) in [5.74, 6) is -4.97. The molecule has 0 saturated carbocycles. The fraction of sp³-hybridized carbons (Fsp3) is 0. The molecule has 142 valence electrons. The Bertz CT molecular complexity index is 1170. The molecular formula is C15H6Br4O8. The summed E-state index contributed by atoms with van der Waals surface area (Å²) in [6.07, 6.45) is 0. The molecule has 0 radical (unpaired) electrons. The van der Waals surface area contributed by atoms with E-state index in [2.05, 4.69) is 63.7 Å². The summed E-state index contributed by atoms with van der Waals surface area (Å²) < 4.78 is 4.82. The van der Waals surface area contributed by atoms with E-state index in [-0.39, 0.29) is 29.0 Å². The van der Waals surface area contributed by atoms with E-state index in [1.54, 1.807) is 0 Å². The van der Waals surface area contributed by atoms with Gasteiger partial charge in [-0.25, -0.2) is 0 Å². The first kappa shape index (κ1) is 20.1. The minimum atomic E-state index is -1.05. The van der Waals surface area contributed by atoms with Gasteiger partial charge in [-0.15, -0.1) is 0 Å². The summed E-state index contributed by atoms with van der Waals surface area (Å²) in [4.78, 5) is 12.6. The molecule has 1 heterocycles. The van der Waals surface area contributed by atoms with Crippen LogP contribution in [0.3, 0.4) is 0 Å². The Labute approximate surface area is 182 Å². The van der Waals surface area contributed by atoms with Crippen molar-refractivity contribution in [2.24, 2.45) is 0 Å². The molecule has 3 rings (SSSR count). The summed E-state index contributed by atoms with van der Waals surface area (Å²) in [5, 5.41) is 59.6. The van der Waals surface area contributed by atoms with Crippen LogP contribution in [0.15, 0.2) is 27.1 Å². The number of halogens is 4. The number of phenols is 5. The molecule has 2 aromatic carbocycles. The Balaban J connectivity index is 2.57. The SMILES string of the molecule is O=c1c(O)c(-c2c(Br)c(O)c(O)c(O)c2Br)oc2c(Br)c(O)c(Br)c(O)c12. The Morgan fingerprint density at radius 2 is 1.11 bits per heavy atom. The van der Waals surface area contributed by atoms with Crippen molar-refractivity contribution >= 4 is 74.7 Å². The molecule has 0 aliphatic rings. The van der Waals surface area contributed by atoms with Crippen LogP contribution in [0.2, 0.25) is 0 Å². The van der Waals surface area contributed by atoms with Crippen molar-refractivity contribution in [2.45, 2.75) is 0 Å². The molecule has 1 aromatic heterocycles. The quantitative estimate of drug-likeness (QED) is 0.210. The predicted molar refractivity (Wildman–Crippen MR) is 109 cm³/mol. The first-order valence-corrected chi connectivity index (χ1v) is 9.88. The van der Waals surface area contributed by atoms with Gasteiger partial charge in [-0.3, -0.25) is 4.79 Å². The van der Waals surface area contributed by atoms with Crippen LogP contribution in [-0.2, 0) is 0 Å². The normalized spacial score (nSPS) is 11.3. The highest BCUT2D eigenvalue weighted by atomic mass is 79.9. The summed E-state index contributed by atoms with van der Waals surface area (Å²) in [6.45, 7) is 0. The molecule has 0 bridgehead atoms. The van der Waals surface area contributed by atoms with Gasteiger partial charge in [-0.05, 0) is 63.7 Å². The van der Waals surface area contributed by atoms with Gasteiger partial charge < -0.3 is 35.1 Å². The van der Waals surface area contributed by atoms with Gasteiger partial charge in [0, 0.05) is 0 Å². The lowest BCUT2D eigenvalue weighted by molar-refractivity contribution is 0.364. The van der Waals surface area contributed by atoms with Crippen LogP contribution in [-0.4, -0.2) is 30.6 Å². The summed E-state index contributed by atoms with van der Waals surface area (Å²) >= 11 is 11.9. The Morgan fingerprint density at radius 3 is 1.63 bits per heavy atom. The van der Waals surface area contributed by atoms with Gasteiger partial charge in [0.1, 0.15) is 20.1 Å².